The molecule has 0 aliphatic heterocycles. The van der Waals surface area contributed by atoms with Crippen molar-refractivity contribution in [2.75, 3.05) is 19.0 Å². The lowest BCUT2D eigenvalue weighted by molar-refractivity contribution is -0.121. The predicted molar refractivity (Wildman–Crippen MR) is 72.7 cm³/mol. The molecule has 1 rings (SSSR count). The quantitative estimate of drug-likeness (QED) is 0.621. The fraction of sp³-hybridized carbons (Fsp3) is 0.462. The zero-order valence-electron chi connectivity index (χ0n) is 10.0. The van der Waals surface area contributed by atoms with Crippen LogP contribution in [0.25, 0.3) is 0 Å². The maximum Gasteiger partial charge on any atom is 0.220 e. The normalized spacial score (nSPS) is 10.0. The van der Waals surface area contributed by atoms with Gasteiger partial charge in [0.2, 0.25) is 5.91 Å². The van der Waals surface area contributed by atoms with Crippen LogP contribution in [0.1, 0.15) is 18.4 Å². The van der Waals surface area contributed by atoms with Crippen LogP contribution in [-0.4, -0.2) is 24.9 Å². The van der Waals surface area contributed by atoms with E-state index < -0.39 is 0 Å². The van der Waals surface area contributed by atoms with Gasteiger partial charge in [-0.1, -0.05) is 28.1 Å². The molecule has 0 atom stereocenters. The summed E-state index contributed by atoms with van der Waals surface area (Å²) in [6.45, 7) is 0.743. The summed E-state index contributed by atoms with van der Waals surface area (Å²) in [5.41, 5.74) is 1.15. The molecule has 0 aliphatic rings. The molecule has 0 saturated carbocycles. The number of hydrogen-bond acceptors (Lipinski definition) is 2. The number of nitrogens with one attached hydrogen (secondary N) is 1. The monoisotopic (exact) mass is 299 g/mol. The Morgan fingerprint density at radius 3 is 2.65 bits per heavy atom. The molecular weight excluding hydrogens is 282 g/mol. The van der Waals surface area contributed by atoms with Gasteiger partial charge in [0, 0.05) is 18.3 Å². The fourth-order valence-corrected chi connectivity index (χ4v) is 1.71. The molecule has 0 spiro atoms. The minimum absolute atomic E-state index is 0.113. The molecule has 0 aliphatic carbocycles. The molecule has 0 bridgehead atoms. The lowest BCUT2D eigenvalue weighted by Crippen LogP contribution is -2.24. The van der Waals surface area contributed by atoms with E-state index in [1.165, 1.54) is 0 Å². The smallest absolute Gasteiger partial charge is 0.220 e. The van der Waals surface area contributed by atoms with Crippen molar-refractivity contribution >= 4 is 21.8 Å². The SMILES string of the molecule is COc1ccc(CCC(=O)NCCCBr)cc1. The predicted octanol–water partition coefficient (Wildman–Crippen LogP) is 2.53. The summed E-state index contributed by atoms with van der Waals surface area (Å²) in [7, 11) is 1.65. The lowest BCUT2D eigenvalue weighted by atomic mass is 10.1. The van der Waals surface area contributed by atoms with E-state index in [1.54, 1.807) is 7.11 Å². The number of methoxy groups -OCH3 is 1. The van der Waals surface area contributed by atoms with Gasteiger partial charge in [0.1, 0.15) is 5.75 Å². The molecular formula is C13H18BrNO2. The molecule has 3 nitrogen and oxygen atoms in total. The molecule has 1 aromatic rings. The minimum atomic E-state index is 0.113. The van der Waals surface area contributed by atoms with Gasteiger partial charge in [0.25, 0.3) is 0 Å². The highest BCUT2D eigenvalue weighted by atomic mass is 79.9. The number of alkyl halides is 1. The first-order chi connectivity index (χ1) is 8.26. The first-order valence-electron chi connectivity index (χ1n) is 5.72. The third-order valence-corrected chi connectivity index (χ3v) is 2.99. The number of hydrogen-bond donors (Lipinski definition) is 1. The Balaban J connectivity index is 2.27. The molecule has 0 saturated heterocycles. The van der Waals surface area contributed by atoms with Crippen LogP contribution >= 0.6 is 15.9 Å². The van der Waals surface area contributed by atoms with Gasteiger partial charge in [-0.3, -0.25) is 4.79 Å². The van der Waals surface area contributed by atoms with Crippen molar-refractivity contribution in [2.45, 2.75) is 19.3 Å². The first-order valence-corrected chi connectivity index (χ1v) is 6.84. The molecule has 0 aromatic heterocycles. The van der Waals surface area contributed by atoms with Crippen molar-refractivity contribution in [3.8, 4) is 5.75 Å². The van der Waals surface area contributed by atoms with E-state index in [4.69, 9.17) is 4.74 Å². The van der Waals surface area contributed by atoms with E-state index in [0.29, 0.717) is 6.42 Å². The van der Waals surface area contributed by atoms with Gasteiger partial charge >= 0.3 is 0 Å². The number of amides is 1. The standard InChI is InChI=1S/C13H18BrNO2/c1-17-12-6-3-11(4-7-12)5-8-13(16)15-10-2-9-14/h3-4,6-7H,2,5,8-10H2,1H3,(H,15,16). The van der Waals surface area contributed by atoms with Crippen molar-refractivity contribution in [3.63, 3.8) is 0 Å². The highest BCUT2D eigenvalue weighted by Crippen LogP contribution is 2.12. The Bertz CT molecular complexity index is 338. The Labute approximate surface area is 111 Å². The summed E-state index contributed by atoms with van der Waals surface area (Å²) in [6.07, 6.45) is 2.27. The van der Waals surface area contributed by atoms with Crippen LogP contribution in [0.4, 0.5) is 0 Å². The number of carbonyl (C=O) groups is 1. The Kier molecular flexibility index (Phi) is 6.70. The number of ether oxygens (including phenoxy) is 1. The largest absolute Gasteiger partial charge is 0.497 e. The number of benzene rings is 1. The summed E-state index contributed by atoms with van der Waals surface area (Å²) < 4.78 is 5.08. The van der Waals surface area contributed by atoms with E-state index >= 15 is 0 Å². The summed E-state index contributed by atoms with van der Waals surface area (Å²) in [6, 6.07) is 7.81. The maximum absolute atomic E-state index is 11.5. The molecule has 1 amide bonds. The molecule has 94 valence electrons. The van der Waals surface area contributed by atoms with Crippen LogP contribution in [0.5, 0.6) is 5.75 Å². The van der Waals surface area contributed by atoms with Crippen LogP contribution in [0.2, 0.25) is 0 Å². The van der Waals surface area contributed by atoms with E-state index in [2.05, 4.69) is 21.2 Å². The molecule has 0 radical (unpaired) electrons. The van der Waals surface area contributed by atoms with Crippen LogP contribution < -0.4 is 10.1 Å². The highest BCUT2D eigenvalue weighted by Gasteiger charge is 2.01. The second-order valence-electron chi connectivity index (χ2n) is 3.74. The minimum Gasteiger partial charge on any atom is -0.497 e. The molecule has 1 aromatic carbocycles. The third kappa shape index (κ3) is 5.73. The van der Waals surface area contributed by atoms with E-state index in [1.807, 2.05) is 24.3 Å². The van der Waals surface area contributed by atoms with Gasteiger partial charge in [-0.05, 0) is 30.5 Å². The van der Waals surface area contributed by atoms with E-state index in [-0.39, 0.29) is 5.91 Å². The number of carbonyl (C=O) groups excluding carboxylic acids is 1. The number of rotatable bonds is 7. The topological polar surface area (TPSA) is 38.3 Å². The molecule has 1 N–H and O–H groups in total. The van der Waals surface area contributed by atoms with Crippen molar-refractivity contribution in [3.05, 3.63) is 29.8 Å². The average Bonchev–Trinajstić information content (AvgIpc) is 2.37. The second-order valence-corrected chi connectivity index (χ2v) is 4.53. The number of halogens is 1. The van der Waals surface area contributed by atoms with E-state index in [9.17, 15) is 4.79 Å². The summed E-state index contributed by atoms with van der Waals surface area (Å²) in [5, 5.41) is 3.81. The van der Waals surface area contributed by atoms with Crippen LogP contribution in [-0.2, 0) is 11.2 Å². The summed E-state index contributed by atoms with van der Waals surface area (Å²) in [5.74, 6) is 0.956. The third-order valence-electron chi connectivity index (χ3n) is 2.43. The molecule has 0 fully saturated rings. The van der Waals surface area contributed by atoms with Gasteiger partial charge in [0.15, 0.2) is 0 Å². The fourth-order valence-electron chi connectivity index (χ4n) is 1.43. The Hall–Kier alpha value is -1.03. The molecule has 17 heavy (non-hydrogen) atoms. The summed E-state index contributed by atoms with van der Waals surface area (Å²) >= 11 is 3.33. The zero-order valence-corrected chi connectivity index (χ0v) is 11.6. The first kappa shape index (κ1) is 14.0. The van der Waals surface area contributed by atoms with Gasteiger partial charge in [-0.2, -0.15) is 0 Å². The number of aryl methyl sites for hydroxylation is 1. The Morgan fingerprint density at radius 1 is 1.35 bits per heavy atom. The van der Waals surface area contributed by atoms with Crippen LogP contribution in [0.15, 0.2) is 24.3 Å². The van der Waals surface area contributed by atoms with Gasteiger partial charge in [-0.25, -0.2) is 0 Å². The maximum atomic E-state index is 11.5. The Morgan fingerprint density at radius 2 is 2.06 bits per heavy atom. The van der Waals surface area contributed by atoms with Crippen LogP contribution in [0, 0.1) is 0 Å². The van der Waals surface area contributed by atoms with Crippen molar-refractivity contribution in [1.29, 1.82) is 0 Å². The second kappa shape index (κ2) is 8.12. The van der Waals surface area contributed by atoms with Crippen molar-refractivity contribution < 1.29 is 9.53 Å². The highest BCUT2D eigenvalue weighted by molar-refractivity contribution is 9.09. The molecule has 4 heteroatoms. The van der Waals surface area contributed by atoms with Crippen molar-refractivity contribution in [2.24, 2.45) is 0 Å². The van der Waals surface area contributed by atoms with Gasteiger partial charge in [-0.15, -0.1) is 0 Å². The van der Waals surface area contributed by atoms with Crippen LogP contribution in [0.3, 0.4) is 0 Å². The van der Waals surface area contributed by atoms with Gasteiger partial charge < -0.3 is 10.1 Å². The average molecular weight is 300 g/mol. The summed E-state index contributed by atoms with van der Waals surface area (Å²) in [4.78, 5) is 11.5. The van der Waals surface area contributed by atoms with E-state index in [0.717, 1.165) is 36.0 Å². The molecule has 0 unspecified atom stereocenters. The lowest BCUT2D eigenvalue weighted by Gasteiger charge is -2.05. The van der Waals surface area contributed by atoms with Crippen molar-refractivity contribution in [1.82, 2.24) is 5.32 Å². The molecule has 0 heterocycles. The van der Waals surface area contributed by atoms with Gasteiger partial charge in [0.05, 0.1) is 7.11 Å². The zero-order chi connectivity index (χ0) is 12.5.